The van der Waals surface area contributed by atoms with Gasteiger partial charge in [-0.05, 0) is 0 Å². The molecule has 2 rings (SSSR count). The van der Waals surface area contributed by atoms with E-state index in [1.54, 1.807) is 5.38 Å². The van der Waals surface area contributed by atoms with Gasteiger partial charge in [0.2, 0.25) is 5.43 Å². The number of nitrogen functional groups attached to an aromatic ring is 1. The number of nitrogens with two attached hydrogens (primary N) is 1. The van der Waals surface area contributed by atoms with Gasteiger partial charge in [0.1, 0.15) is 11.4 Å². The monoisotopic (exact) mass is 354 g/mol. The fraction of sp³-hybridized carbons (Fsp3) is 0.286. The number of hydrogen-bond acceptors (Lipinski definition) is 9. The molecule has 0 aliphatic carbocycles. The van der Waals surface area contributed by atoms with Crippen LogP contribution in [0, 0.1) is 0 Å². The topological polar surface area (TPSA) is 140 Å². The third kappa shape index (κ3) is 4.81. The van der Waals surface area contributed by atoms with Crippen LogP contribution in [0.2, 0.25) is 0 Å². The summed E-state index contributed by atoms with van der Waals surface area (Å²) in [5.41, 5.74) is 5.12. The van der Waals surface area contributed by atoms with E-state index in [-0.39, 0.29) is 34.6 Å². The Bertz CT molecular complexity index is 797. The molecule has 0 bridgehead atoms. The molecule has 0 amide bonds. The number of pyridine rings is 1. The Kier molecular flexibility index (Phi) is 6.93. The largest absolute Gasteiger partial charge is 0.503 e. The number of anilines is 1. The third-order valence-corrected chi connectivity index (χ3v) is 3.23. The van der Waals surface area contributed by atoms with Crippen LogP contribution in [0.1, 0.15) is 32.2 Å². The molecule has 4 N–H and O–H groups in total. The van der Waals surface area contributed by atoms with E-state index in [1.807, 2.05) is 13.8 Å². The molecule has 10 heteroatoms. The van der Waals surface area contributed by atoms with E-state index in [1.165, 1.54) is 6.92 Å². The SMILES string of the molecule is CC.CC(=O)/C(=N\OCc1cc(=O)c(O)cn1O)c1csc(N)n1. The minimum atomic E-state index is -0.674. The van der Waals surface area contributed by atoms with Crippen LogP contribution in [0.25, 0.3) is 0 Å². The summed E-state index contributed by atoms with van der Waals surface area (Å²) >= 11 is 1.15. The van der Waals surface area contributed by atoms with Crippen LogP contribution in [-0.2, 0) is 16.2 Å². The number of carbonyl (C=O) groups is 1. The normalized spacial score (nSPS) is 10.7. The summed E-state index contributed by atoms with van der Waals surface area (Å²) in [6, 6.07) is 0.985. The summed E-state index contributed by atoms with van der Waals surface area (Å²) in [5.74, 6) is -0.977. The predicted octanol–water partition coefficient (Wildman–Crippen LogP) is 1.37. The van der Waals surface area contributed by atoms with Crippen LogP contribution < -0.4 is 11.2 Å². The van der Waals surface area contributed by atoms with Gasteiger partial charge in [0.15, 0.2) is 29.0 Å². The zero-order valence-electron chi connectivity index (χ0n) is 13.4. The van der Waals surface area contributed by atoms with Crippen LogP contribution in [-0.4, -0.2) is 31.5 Å². The highest BCUT2D eigenvalue weighted by Gasteiger charge is 2.14. The van der Waals surface area contributed by atoms with Gasteiger partial charge in [0.25, 0.3) is 0 Å². The van der Waals surface area contributed by atoms with Crippen molar-refractivity contribution in [3.8, 4) is 5.75 Å². The van der Waals surface area contributed by atoms with Crippen molar-refractivity contribution in [2.24, 2.45) is 5.16 Å². The number of Topliss-reactive ketones (excluding diaryl/α,β-unsaturated/α-hetero) is 1. The van der Waals surface area contributed by atoms with Crippen LogP contribution in [0.5, 0.6) is 5.75 Å². The molecule has 0 aliphatic heterocycles. The Hall–Kier alpha value is -2.88. The molecule has 0 aromatic carbocycles. The minimum Gasteiger partial charge on any atom is -0.503 e. The first kappa shape index (κ1) is 19.2. The zero-order chi connectivity index (χ0) is 18.3. The molecule has 2 aromatic rings. The molecular weight excluding hydrogens is 336 g/mol. The second kappa shape index (κ2) is 8.67. The molecule has 0 radical (unpaired) electrons. The van der Waals surface area contributed by atoms with Gasteiger partial charge in [-0.1, -0.05) is 19.0 Å². The number of oxime groups is 1. The maximum absolute atomic E-state index is 11.5. The number of nitrogens with zero attached hydrogens (tertiary/aromatic N) is 3. The summed E-state index contributed by atoms with van der Waals surface area (Å²) in [6.07, 6.45) is 0.831. The van der Waals surface area contributed by atoms with Gasteiger partial charge in [-0.15, -0.1) is 11.3 Å². The number of rotatable bonds is 5. The molecule has 9 nitrogen and oxygen atoms in total. The molecule has 130 valence electrons. The Labute approximate surface area is 141 Å². The van der Waals surface area contributed by atoms with E-state index in [0.29, 0.717) is 4.73 Å². The van der Waals surface area contributed by atoms with Crippen molar-refractivity contribution in [1.82, 2.24) is 9.71 Å². The van der Waals surface area contributed by atoms with Gasteiger partial charge in [-0.3, -0.25) is 9.59 Å². The lowest BCUT2D eigenvalue weighted by Gasteiger charge is -2.06. The van der Waals surface area contributed by atoms with Gasteiger partial charge in [-0.2, -0.15) is 4.73 Å². The van der Waals surface area contributed by atoms with Crippen LogP contribution >= 0.6 is 11.3 Å². The molecule has 2 aromatic heterocycles. The van der Waals surface area contributed by atoms with E-state index in [4.69, 9.17) is 15.7 Å². The first-order valence-corrected chi connectivity index (χ1v) is 7.82. The van der Waals surface area contributed by atoms with Crippen molar-refractivity contribution in [3.05, 3.63) is 39.3 Å². The van der Waals surface area contributed by atoms with Crippen molar-refractivity contribution in [2.75, 3.05) is 5.73 Å². The maximum atomic E-state index is 11.5. The molecule has 0 saturated heterocycles. The summed E-state index contributed by atoms with van der Waals surface area (Å²) in [4.78, 5) is 31.7. The van der Waals surface area contributed by atoms with Gasteiger partial charge in [0, 0.05) is 18.4 Å². The quantitative estimate of drug-likeness (QED) is 0.418. The minimum absolute atomic E-state index is 0.0291. The number of hydrogen-bond donors (Lipinski definition) is 3. The zero-order valence-corrected chi connectivity index (χ0v) is 14.2. The Balaban J connectivity index is 0.00000139. The maximum Gasteiger partial charge on any atom is 0.223 e. The van der Waals surface area contributed by atoms with Crippen LogP contribution in [0.15, 0.2) is 27.6 Å². The van der Waals surface area contributed by atoms with Crippen LogP contribution in [0.4, 0.5) is 5.13 Å². The Morgan fingerprint density at radius 2 is 2.17 bits per heavy atom. The van der Waals surface area contributed by atoms with Gasteiger partial charge in [-0.25, -0.2) is 4.98 Å². The first-order chi connectivity index (χ1) is 11.4. The molecular formula is C14H18N4O5S. The van der Waals surface area contributed by atoms with E-state index >= 15 is 0 Å². The highest BCUT2D eigenvalue weighted by molar-refractivity contribution is 7.13. The fourth-order valence-corrected chi connectivity index (χ4v) is 2.06. The lowest BCUT2D eigenvalue weighted by Crippen LogP contribution is -2.14. The molecule has 0 unspecified atom stereocenters. The Morgan fingerprint density at radius 1 is 1.50 bits per heavy atom. The average Bonchev–Trinajstić information content (AvgIpc) is 2.96. The lowest BCUT2D eigenvalue weighted by molar-refractivity contribution is -0.111. The highest BCUT2D eigenvalue weighted by atomic mass is 32.1. The standard InChI is InChI=1S/C12H12N4O5S.C2H6/c1-6(17)11(8-5-22-12(13)14-8)15-21-4-7-2-9(18)10(19)3-16(7)20;1-2/h2-3,5,19-20H,4H2,1H3,(H2,13,14);1-2H3/b15-11+;. The molecule has 0 spiro atoms. The number of thiazole rings is 1. The van der Waals surface area contributed by atoms with Crippen molar-refractivity contribution >= 4 is 28.0 Å². The number of aromatic hydroxyl groups is 1. The fourth-order valence-electron chi connectivity index (χ4n) is 1.51. The second-order valence-electron chi connectivity index (χ2n) is 4.20. The van der Waals surface area contributed by atoms with E-state index < -0.39 is 11.2 Å². The van der Waals surface area contributed by atoms with Gasteiger partial charge >= 0.3 is 0 Å². The molecule has 2 heterocycles. The van der Waals surface area contributed by atoms with Crippen molar-refractivity contribution in [1.29, 1.82) is 0 Å². The molecule has 0 saturated carbocycles. The third-order valence-electron chi connectivity index (χ3n) is 2.56. The molecule has 0 fully saturated rings. The lowest BCUT2D eigenvalue weighted by atomic mass is 10.2. The summed E-state index contributed by atoms with van der Waals surface area (Å²) in [6.45, 7) is 5.00. The average molecular weight is 354 g/mol. The first-order valence-electron chi connectivity index (χ1n) is 6.94. The van der Waals surface area contributed by atoms with Gasteiger partial charge < -0.3 is 20.9 Å². The van der Waals surface area contributed by atoms with E-state index in [2.05, 4.69) is 10.1 Å². The summed E-state index contributed by atoms with van der Waals surface area (Å²) in [7, 11) is 0. The van der Waals surface area contributed by atoms with E-state index in [0.717, 1.165) is 23.6 Å². The highest BCUT2D eigenvalue weighted by Crippen LogP contribution is 2.13. The number of aromatic nitrogens is 2. The van der Waals surface area contributed by atoms with Crippen LogP contribution in [0.3, 0.4) is 0 Å². The molecule has 24 heavy (non-hydrogen) atoms. The second-order valence-corrected chi connectivity index (χ2v) is 5.09. The number of carbonyl (C=O) groups excluding carboxylic acids is 1. The van der Waals surface area contributed by atoms with Gasteiger partial charge in [0.05, 0.1) is 6.20 Å². The number of ketones is 1. The predicted molar refractivity (Wildman–Crippen MR) is 89.4 cm³/mol. The summed E-state index contributed by atoms with van der Waals surface area (Å²) in [5, 5.41) is 24.1. The smallest absolute Gasteiger partial charge is 0.223 e. The van der Waals surface area contributed by atoms with Crippen molar-refractivity contribution in [2.45, 2.75) is 27.4 Å². The van der Waals surface area contributed by atoms with Crippen molar-refractivity contribution in [3.63, 3.8) is 0 Å². The molecule has 0 atom stereocenters. The van der Waals surface area contributed by atoms with Crippen molar-refractivity contribution < 1.29 is 19.9 Å². The summed E-state index contributed by atoms with van der Waals surface area (Å²) < 4.78 is 0.528. The Morgan fingerprint density at radius 3 is 2.71 bits per heavy atom. The molecule has 0 aliphatic rings. The van der Waals surface area contributed by atoms with E-state index in [9.17, 15) is 14.8 Å².